The number of aliphatic imine (C=N–C) groups is 1. The molecular formula is C15H16ClN5O. The summed E-state index contributed by atoms with van der Waals surface area (Å²) in [7, 11) is 0. The van der Waals surface area contributed by atoms with Crippen molar-refractivity contribution in [2.24, 2.45) is 10.7 Å². The lowest BCUT2D eigenvalue weighted by Gasteiger charge is -2.20. The van der Waals surface area contributed by atoms with E-state index in [1.165, 1.54) is 6.20 Å². The highest BCUT2D eigenvalue weighted by molar-refractivity contribution is 6.29. The molecule has 0 aromatic carbocycles. The number of rotatable bonds is 3. The summed E-state index contributed by atoms with van der Waals surface area (Å²) in [5, 5.41) is 3.68. The van der Waals surface area contributed by atoms with Crippen LogP contribution >= 0.6 is 11.6 Å². The van der Waals surface area contributed by atoms with Crippen LogP contribution in [0.1, 0.15) is 5.56 Å². The smallest absolute Gasteiger partial charge is 0.129 e. The molecule has 3 heterocycles. The number of nitrogens with one attached hydrogen (secondary N) is 1. The van der Waals surface area contributed by atoms with Crippen molar-refractivity contribution in [2.45, 2.75) is 6.17 Å². The second-order valence-electron chi connectivity index (χ2n) is 4.84. The Kier molecular flexibility index (Phi) is 4.62. The third kappa shape index (κ3) is 3.41. The van der Waals surface area contributed by atoms with Crippen LogP contribution in [0.2, 0.25) is 5.15 Å². The number of ether oxygens (including phenoxy) is 1. The summed E-state index contributed by atoms with van der Waals surface area (Å²) in [5.41, 5.74) is 8.82. The largest absolute Gasteiger partial charge is 0.404 e. The van der Waals surface area contributed by atoms with Crippen molar-refractivity contribution in [2.75, 3.05) is 19.8 Å². The van der Waals surface area contributed by atoms with Crippen molar-refractivity contribution in [1.29, 1.82) is 0 Å². The van der Waals surface area contributed by atoms with E-state index < -0.39 is 0 Å². The van der Waals surface area contributed by atoms with Crippen molar-refractivity contribution in [3.8, 4) is 0 Å². The van der Waals surface area contributed by atoms with Gasteiger partial charge in [-0.05, 0) is 18.2 Å². The summed E-state index contributed by atoms with van der Waals surface area (Å²) in [6, 6.07) is 5.44. The van der Waals surface area contributed by atoms with Gasteiger partial charge in [-0.1, -0.05) is 11.6 Å². The normalized spacial score (nSPS) is 19.9. The van der Waals surface area contributed by atoms with Crippen LogP contribution < -0.4 is 11.1 Å². The fraction of sp³-hybridized carbons (Fsp3) is 0.267. The van der Waals surface area contributed by atoms with E-state index in [0.29, 0.717) is 18.4 Å². The summed E-state index contributed by atoms with van der Waals surface area (Å²) in [6.45, 7) is 2.07. The molecule has 1 aliphatic heterocycles. The Morgan fingerprint density at radius 3 is 3.14 bits per heavy atom. The summed E-state index contributed by atoms with van der Waals surface area (Å²) >= 11 is 5.92. The minimum absolute atomic E-state index is 0.0512. The van der Waals surface area contributed by atoms with E-state index in [1.807, 2.05) is 12.1 Å². The first-order chi connectivity index (χ1) is 10.8. The van der Waals surface area contributed by atoms with Crippen molar-refractivity contribution >= 4 is 34.4 Å². The Morgan fingerprint density at radius 1 is 1.45 bits per heavy atom. The van der Waals surface area contributed by atoms with Gasteiger partial charge in [0.15, 0.2) is 0 Å². The van der Waals surface area contributed by atoms with E-state index in [0.717, 1.165) is 28.7 Å². The number of halogens is 1. The van der Waals surface area contributed by atoms with Gasteiger partial charge in [0.1, 0.15) is 11.3 Å². The van der Waals surface area contributed by atoms with Crippen LogP contribution in [0, 0.1) is 0 Å². The third-order valence-corrected chi connectivity index (χ3v) is 3.52. The predicted octanol–water partition coefficient (Wildman–Crippen LogP) is 1.60. The predicted molar refractivity (Wildman–Crippen MR) is 87.8 cm³/mol. The molecule has 1 fully saturated rings. The van der Waals surface area contributed by atoms with Gasteiger partial charge in [-0.2, -0.15) is 0 Å². The molecule has 2 aromatic heterocycles. The van der Waals surface area contributed by atoms with Gasteiger partial charge in [0.05, 0.1) is 24.2 Å². The zero-order chi connectivity index (χ0) is 15.4. The van der Waals surface area contributed by atoms with Crippen molar-refractivity contribution in [3.05, 3.63) is 41.3 Å². The van der Waals surface area contributed by atoms with Gasteiger partial charge < -0.3 is 10.5 Å². The number of allylic oxidation sites excluding steroid dienone is 1. The van der Waals surface area contributed by atoms with Crippen LogP contribution in [0.4, 0.5) is 0 Å². The fourth-order valence-electron chi connectivity index (χ4n) is 2.17. The number of hydrogen-bond donors (Lipinski definition) is 2. The number of hydrogen-bond acceptors (Lipinski definition) is 6. The van der Waals surface area contributed by atoms with Crippen molar-refractivity contribution in [1.82, 2.24) is 15.3 Å². The number of aromatic nitrogens is 2. The Bertz CT molecular complexity index is 725. The van der Waals surface area contributed by atoms with E-state index in [1.54, 1.807) is 18.5 Å². The van der Waals surface area contributed by atoms with Crippen LogP contribution in [-0.2, 0) is 4.74 Å². The topological polar surface area (TPSA) is 85.4 Å². The third-order valence-electron chi connectivity index (χ3n) is 3.31. The van der Waals surface area contributed by atoms with E-state index in [-0.39, 0.29) is 6.17 Å². The second-order valence-corrected chi connectivity index (χ2v) is 5.23. The minimum atomic E-state index is -0.0512. The number of nitrogens with two attached hydrogens (primary N) is 1. The SMILES string of the molecule is N/C=C(\C=NC1COCCN1)c1cnc2ccc(Cl)nc2c1. The molecule has 22 heavy (non-hydrogen) atoms. The van der Waals surface area contributed by atoms with Crippen molar-refractivity contribution < 1.29 is 4.74 Å². The second kappa shape index (κ2) is 6.83. The van der Waals surface area contributed by atoms with Crippen LogP contribution in [0.15, 0.2) is 35.6 Å². The van der Waals surface area contributed by atoms with Gasteiger partial charge in [-0.25, -0.2) is 4.98 Å². The van der Waals surface area contributed by atoms with Crippen LogP contribution in [0.3, 0.4) is 0 Å². The standard InChI is InChI=1S/C15H16ClN5O/c16-14-2-1-12-13(21-14)5-10(7-19-12)11(6-17)8-20-15-9-22-4-3-18-15/h1-2,5-8,15,18H,3-4,9,17H2/b11-6+,20-8?. The fourth-order valence-corrected chi connectivity index (χ4v) is 2.33. The average molecular weight is 318 g/mol. The highest BCUT2D eigenvalue weighted by Crippen LogP contribution is 2.18. The van der Waals surface area contributed by atoms with Crippen LogP contribution in [-0.4, -0.2) is 42.1 Å². The lowest BCUT2D eigenvalue weighted by Crippen LogP contribution is -2.39. The van der Waals surface area contributed by atoms with Gasteiger partial charge in [0.25, 0.3) is 0 Å². The molecule has 3 N–H and O–H groups in total. The Labute approximate surface area is 133 Å². The molecule has 1 unspecified atom stereocenters. The van der Waals surface area contributed by atoms with Crippen LogP contribution in [0.25, 0.3) is 16.6 Å². The molecule has 3 rings (SSSR count). The monoisotopic (exact) mass is 317 g/mol. The van der Waals surface area contributed by atoms with Gasteiger partial charge in [-0.3, -0.25) is 15.3 Å². The summed E-state index contributed by atoms with van der Waals surface area (Å²) in [4.78, 5) is 13.1. The molecule has 2 aromatic rings. The molecule has 114 valence electrons. The minimum Gasteiger partial charge on any atom is -0.404 e. The molecule has 1 aliphatic rings. The number of pyridine rings is 2. The Balaban J connectivity index is 1.85. The molecule has 0 radical (unpaired) electrons. The molecule has 0 aliphatic carbocycles. The van der Waals surface area contributed by atoms with Crippen LogP contribution in [0.5, 0.6) is 0 Å². The van der Waals surface area contributed by atoms with E-state index in [9.17, 15) is 0 Å². The first-order valence-electron chi connectivity index (χ1n) is 6.95. The molecule has 1 saturated heterocycles. The lowest BCUT2D eigenvalue weighted by atomic mass is 10.1. The highest BCUT2D eigenvalue weighted by Gasteiger charge is 2.10. The van der Waals surface area contributed by atoms with Gasteiger partial charge >= 0.3 is 0 Å². The molecule has 7 heteroatoms. The molecule has 0 amide bonds. The molecule has 0 spiro atoms. The molecular weight excluding hydrogens is 302 g/mol. The first kappa shape index (κ1) is 14.9. The maximum atomic E-state index is 5.92. The number of fused-ring (bicyclic) bond motifs is 1. The maximum Gasteiger partial charge on any atom is 0.129 e. The number of nitrogens with zero attached hydrogens (tertiary/aromatic N) is 3. The zero-order valence-electron chi connectivity index (χ0n) is 11.9. The maximum absolute atomic E-state index is 5.92. The first-order valence-corrected chi connectivity index (χ1v) is 7.33. The average Bonchev–Trinajstić information content (AvgIpc) is 2.56. The highest BCUT2D eigenvalue weighted by atomic mass is 35.5. The zero-order valence-corrected chi connectivity index (χ0v) is 12.6. The molecule has 1 atom stereocenters. The van der Waals surface area contributed by atoms with E-state index >= 15 is 0 Å². The summed E-state index contributed by atoms with van der Waals surface area (Å²) in [5.74, 6) is 0. The van der Waals surface area contributed by atoms with Gasteiger partial charge in [-0.15, -0.1) is 0 Å². The van der Waals surface area contributed by atoms with E-state index in [2.05, 4.69) is 20.3 Å². The van der Waals surface area contributed by atoms with E-state index in [4.69, 9.17) is 22.1 Å². The summed E-state index contributed by atoms with van der Waals surface area (Å²) < 4.78 is 5.36. The van der Waals surface area contributed by atoms with Gasteiger partial charge in [0, 0.05) is 36.3 Å². The number of morpholine rings is 1. The van der Waals surface area contributed by atoms with Crippen molar-refractivity contribution in [3.63, 3.8) is 0 Å². The quantitative estimate of drug-likeness (QED) is 0.663. The lowest BCUT2D eigenvalue weighted by molar-refractivity contribution is 0.0798. The molecule has 6 nitrogen and oxygen atoms in total. The summed E-state index contributed by atoms with van der Waals surface area (Å²) in [6.07, 6.45) is 4.91. The Morgan fingerprint density at radius 2 is 2.36 bits per heavy atom. The Hall–Kier alpha value is -2.02. The molecule has 0 bridgehead atoms. The molecule has 0 saturated carbocycles. The van der Waals surface area contributed by atoms with Gasteiger partial charge in [0.2, 0.25) is 0 Å².